The molecule has 35 heavy (non-hydrogen) atoms. The van der Waals surface area contributed by atoms with Gasteiger partial charge in [0.05, 0.1) is 32.4 Å². The number of furan rings is 1. The third-order valence-electron chi connectivity index (χ3n) is 5.91. The summed E-state index contributed by atoms with van der Waals surface area (Å²) in [6.45, 7) is 5.45. The lowest BCUT2D eigenvalue weighted by atomic mass is 10.0. The molecule has 0 bridgehead atoms. The SMILES string of the molecule is COc1ccc(CC(=O)Nc2c(C(C)=O)oc3ccc(/C(C)=C\C(=O)N4CCOCC4)cc23)cc1. The Balaban J connectivity index is 1.60. The molecule has 182 valence electrons. The predicted molar refractivity (Wildman–Crippen MR) is 133 cm³/mol. The number of nitrogens with zero attached hydrogens (tertiary/aromatic N) is 1. The van der Waals surface area contributed by atoms with Gasteiger partial charge in [0.25, 0.3) is 0 Å². The van der Waals surface area contributed by atoms with E-state index in [0.29, 0.717) is 48.7 Å². The normalized spacial score (nSPS) is 14.1. The van der Waals surface area contributed by atoms with E-state index in [4.69, 9.17) is 13.9 Å². The van der Waals surface area contributed by atoms with E-state index in [1.165, 1.54) is 6.92 Å². The van der Waals surface area contributed by atoms with E-state index in [9.17, 15) is 14.4 Å². The molecule has 1 saturated heterocycles. The Hall–Kier alpha value is -3.91. The number of allylic oxidation sites excluding steroid dienone is 1. The van der Waals surface area contributed by atoms with E-state index in [0.717, 1.165) is 16.7 Å². The topological polar surface area (TPSA) is 98.1 Å². The highest BCUT2D eigenvalue weighted by Gasteiger charge is 2.21. The highest BCUT2D eigenvalue weighted by atomic mass is 16.5. The number of ketones is 1. The maximum absolute atomic E-state index is 12.8. The third kappa shape index (κ3) is 5.60. The van der Waals surface area contributed by atoms with E-state index in [2.05, 4.69) is 5.32 Å². The molecular weight excluding hydrogens is 448 g/mol. The van der Waals surface area contributed by atoms with Crippen molar-refractivity contribution in [3.05, 3.63) is 65.4 Å². The maximum atomic E-state index is 12.8. The van der Waals surface area contributed by atoms with Gasteiger partial charge < -0.3 is 24.1 Å². The number of fused-ring (bicyclic) bond motifs is 1. The molecule has 3 aromatic rings. The van der Waals surface area contributed by atoms with Crippen molar-refractivity contribution < 1.29 is 28.3 Å². The summed E-state index contributed by atoms with van der Waals surface area (Å²) < 4.78 is 16.2. The Kier molecular flexibility index (Phi) is 7.31. The van der Waals surface area contributed by atoms with E-state index in [1.54, 1.807) is 36.3 Å². The summed E-state index contributed by atoms with van der Waals surface area (Å²) in [7, 11) is 1.58. The molecule has 0 unspecified atom stereocenters. The van der Waals surface area contributed by atoms with Crippen LogP contribution in [0.2, 0.25) is 0 Å². The largest absolute Gasteiger partial charge is 0.497 e. The van der Waals surface area contributed by atoms with Crippen LogP contribution in [0.1, 0.15) is 35.5 Å². The van der Waals surface area contributed by atoms with Gasteiger partial charge in [-0.3, -0.25) is 14.4 Å². The van der Waals surface area contributed by atoms with Crippen molar-refractivity contribution in [2.24, 2.45) is 0 Å². The first-order chi connectivity index (χ1) is 16.9. The number of ether oxygens (including phenoxy) is 2. The fraction of sp³-hybridized carbons (Fsp3) is 0.296. The van der Waals surface area contributed by atoms with Crippen LogP contribution < -0.4 is 10.1 Å². The van der Waals surface area contributed by atoms with Gasteiger partial charge in [-0.1, -0.05) is 18.2 Å². The van der Waals surface area contributed by atoms with Gasteiger partial charge in [-0.05, 0) is 47.9 Å². The molecule has 8 nitrogen and oxygen atoms in total. The van der Waals surface area contributed by atoms with Crippen LogP contribution in [0.25, 0.3) is 16.5 Å². The highest BCUT2D eigenvalue weighted by molar-refractivity contribution is 6.11. The number of Topliss-reactive ketones (excluding diaryl/α,β-unsaturated/α-hetero) is 1. The van der Waals surface area contributed by atoms with Gasteiger partial charge in [0.2, 0.25) is 11.8 Å². The molecule has 0 spiro atoms. The Morgan fingerprint density at radius 1 is 1.06 bits per heavy atom. The fourth-order valence-corrected chi connectivity index (χ4v) is 3.97. The average Bonchev–Trinajstić information content (AvgIpc) is 3.22. The Bertz CT molecular complexity index is 1280. The van der Waals surface area contributed by atoms with Crippen molar-refractivity contribution in [3.8, 4) is 5.75 Å². The zero-order valence-corrected chi connectivity index (χ0v) is 20.1. The molecule has 2 heterocycles. The molecule has 0 saturated carbocycles. The first-order valence-corrected chi connectivity index (χ1v) is 11.4. The first kappa shape index (κ1) is 24.2. The second kappa shape index (κ2) is 10.6. The predicted octanol–water partition coefficient (Wildman–Crippen LogP) is 4.09. The number of methoxy groups -OCH3 is 1. The van der Waals surface area contributed by atoms with Gasteiger partial charge in [-0.25, -0.2) is 0 Å². The summed E-state index contributed by atoms with van der Waals surface area (Å²) in [5.74, 6) is 0.150. The van der Waals surface area contributed by atoms with Crippen molar-refractivity contribution in [2.75, 3.05) is 38.7 Å². The van der Waals surface area contributed by atoms with Gasteiger partial charge in [0.1, 0.15) is 11.3 Å². The molecule has 1 aliphatic heterocycles. The standard InChI is InChI=1S/C27H28N2O6/c1-17(14-25(32)29-10-12-34-13-11-29)20-6-9-23-22(16-20)26(27(35-23)18(2)30)28-24(31)15-19-4-7-21(33-3)8-5-19/h4-9,14,16H,10-13,15H2,1-3H3,(H,28,31)/b17-14-. The van der Waals surface area contributed by atoms with Crippen LogP contribution in [0.5, 0.6) is 5.75 Å². The summed E-state index contributed by atoms with van der Waals surface area (Å²) >= 11 is 0. The Morgan fingerprint density at radius 3 is 2.43 bits per heavy atom. The van der Waals surface area contributed by atoms with E-state index >= 15 is 0 Å². The van der Waals surface area contributed by atoms with Gasteiger partial charge in [0.15, 0.2) is 11.5 Å². The highest BCUT2D eigenvalue weighted by Crippen LogP contribution is 2.34. The molecule has 2 amide bonds. The maximum Gasteiger partial charge on any atom is 0.246 e. The number of anilines is 1. The average molecular weight is 477 g/mol. The molecule has 1 aromatic heterocycles. The Labute approximate surface area is 203 Å². The summed E-state index contributed by atoms with van der Waals surface area (Å²) in [6, 6.07) is 12.6. The van der Waals surface area contributed by atoms with Crippen molar-refractivity contribution >= 4 is 39.8 Å². The molecule has 1 aliphatic rings. The van der Waals surface area contributed by atoms with Gasteiger partial charge >= 0.3 is 0 Å². The number of hydrogen-bond acceptors (Lipinski definition) is 6. The van der Waals surface area contributed by atoms with Crippen LogP contribution in [-0.2, 0) is 20.7 Å². The minimum atomic E-state index is -0.294. The minimum Gasteiger partial charge on any atom is -0.497 e. The van der Waals surface area contributed by atoms with Crippen LogP contribution in [0.4, 0.5) is 5.69 Å². The molecular formula is C27H28N2O6. The summed E-state index contributed by atoms with van der Waals surface area (Å²) in [5.41, 5.74) is 3.18. The smallest absolute Gasteiger partial charge is 0.246 e. The van der Waals surface area contributed by atoms with E-state index in [-0.39, 0.29) is 29.8 Å². The van der Waals surface area contributed by atoms with Crippen molar-refractivity contribution in [1.29, 1.82) is 0 Å². The second-order valence-corrected chi connectivity index (χ2v) is 8.41. The van der Waals surface area contributed by atoms with Gasteiger partial charge in [-0.15, -0.1) is 0 Å². The van der Waals surface area contributed by atoms with Crippen LogP contribution in [0.15, 0.2) is 53.0 Å². The van der Waals surface area contributed by atoms with Gasteiger partial charge in [0, 0.05) is 31.5 Å². The zero-order valence-electron chi connectivity index (χ0n) is 20.1. The lowest BCUT2D eigenvalue weighted by Crippen LogP contribution is -2.39. The number of hydrogen-bond donors (Lipinski definition) is 1. The lowest BCUT2D eigenvalue weighted by molar-refractivity contribution is -0.129. The Morgan fingerprint density at radius 2 is 1.77 bits per heavy atom. The molecule has 0 atom stereocenters. The number of nitrogens with one attached hydrogen (secondary N) is 1. The molecule has 4 rings (SSSR count). The van der Waals surface area contributed by atoms with E-state index in [1.807, 2.05) is 31.2 Å². The molecule has 0 radical (unpaired) electrons. The van der Waals surface area contributed by atoms with Crippen LogP contribution in [-0.4, -0.2) is 55.9 Å². The van der Waals surface area contributed by atoms with Crippen molar-refractivity contribution in [1.82, 2.24) is 4.90 Å². The first-order valence-electron chi connectivity index (χ1n) is 11.4. The quantitative estimate of drug-likeness (QED) is 0.408. The van der Waals surface area contributed by atoms with Crippen LogP contribution >= 0.6 is 0 Å². The zero-order chi connectivity index (χ0) is 24.9. The number of carbonyl (C=O) groups excluding carboxylic acids is 3. The summed E-state index contributed by atoms with van der Waals surface area (Å²) in [6.07, 6.45) is 1.72. The minimum absolute atomic E-state index is 0.0736. The number of rotatable bonds is 7. The number of morpholine rings is 1. The van der Waals surface area contributed by atoms with Crippen molar-refractivity contribution in [3.63, 3.8) is 0 Å². The number of carbonyl (C=O) groups is 3. The second-order valence-electron chi connectivity index (χ2n) is 8.41. The number of amides is 2. The molecule has 0 aliphatic carbocycles. The van der Waals surface area contributed by atoms with E-state index < -0.39 is 0 Å². The van der Waals surface area contributed by atoms with Gasteiger partial charge in [-0.2, -0.15) is 0 Å². The van der Waals surface area contributed by atoms with Crippen LogP contribution in [0, 0.1) is 0 Å². The molecule has 8 heteroatoms. The molecule has 1 fully saturated rings. The third-order valence-corrected chi connectivity index (χ3v) is 5.91. The summed E-state index contributed by atoms with van der Waals surface area (Å²) in [5, 5.41) is 3.46. The van der Waals surface area contributed by atoms with Crippen molar-refractivity contribution in [2.45, 2.75) is 20.3 Å². The summed E-state index contributed by atoms with van der Waals surface area (Å²) in [4.78, 5) is 39.5. The van der Waals surface area contributed by atoms with Crippen LogP contribution in [0.3, 0.4) is 0 Å². The molecule has 2 aromatic carbocycles. The lowest BCUT2D eigenvalue weighted by Gasteiger charge is -2.25. The number of benzene rings is 2. The monoisotopic (exact) mass is 476 g/mol. The molecule has 1 N–H and O–H groups in total. The fourth-order valence-electron chi connectivity index (χ4n) is 3.97.